The first kappa shape index (κ1) is 17.9. The van der Waals surface area contributed by atoms with Gasteiger partial charge in [0.1, 0.15) is 6.10 Å². The summed E-state index contributed by atoms with van der Waals surface area (Å²) < 4.78 is 13.9. The maximum absolute atomic E-state index is 13.0. The molecule has 27 heavy (non-hydrogen) atoms. The summed E-state index contributed by atoms with van der Waals surface area (Å²) in [6.07, 6.45) is 3.82. The molecule has 0 unspecified atom stereocenters. The van der Waals surface area contributed by atoms with Crippen molar-refractivity contribution in [3.05, 3.63) is 41.7 Å². The number of aromatic nitrogens is 2. The molecule has 144 valence electrons. The number of fused-ring (bicyclic) bond motifs is 2. The molecule has 1 N–H and O–H groups in total. The van der Waals surface area contributed by atoms with Crippen LogP contribution in [0.15, 0.2) is 30.5 Å². The number of ether oxygens (including phenoxy) is 2. The minimum absolute atomic E-state index is 0.0367. The van der Waals surface area contributed by atoms with Gasteiger partial charge in [-0.05, 0) is 59.1 Å². The topological polar surface area (TPSA) is 65.4 Å². The van der Waals surface area contributed by atoms with Crippen molar-refractivity contribution in [3.63, 3.8) is 0 Å². The molecule has 1 amide bonds. The number of rotatable bonds is 2. The Morgan fingerprint density at radius 3 is 2.63 bits per heavy atom. The van der Waals surface area contributed by atoms with Crippen LogP contribution in [0, 0.1) is 0 Å². The van der Waals surface area contributed by atoms with Gasteiger partial charge < -0.3 is 14.8 Å². The van der Waals surface area contributed by atoms with E-state index < -0.39 is 6.10 Å². The van der Waals surface area contributed by atoms with Gasteiger partial charge in [-0.1, -0.05) is 12.1 Å². The van der Waals surface area contributed by atoms with E-state index in [4.69, 9.17) is 9.47 Å². The van der Waals surface area contributed by atoms with E-state index in [1.165, 1.54) is 5.69 Å². The smallest absolute Gasteiger partial charge is 0.265 e. The van der Waals surface area contributed by atoms with Gasteiger partial charge in [-0.15, -0.1) is 0 Å². The predicted molar refractivity (Wildman–Crippen MR) is 102 cm³/mol. The van der Waals surface area contributed by atoms with Crippen LogP contribution in [-0.4, -0.2) is 27.9 Å². The van der Waals surface area contributed by atoms with E-state index in [0.29, 0.717) is 11.5 Å². The van der Waals surface area contributed by atoms with Gasteiger partial charge in [0.05, 0.1) is 17.8 Å². The van der Waals surface area contributed by atoms with Gasteiger partial charge in [0, 0.05) is 11.3 Å². The number of carbonyl (C=O) groups is 1. The summed E-state index contributed by atoms with van der Waals surface area (Å²) in [5.74, 6) is 1.15. The van der Waals surface area contributed by atoms with Crippen LogP contribution in [0.4, 0.5) is 0 Å². The lowest BCUT2D eigenvalue weighted by Crippen LogP contribution is -2.50. The highest BCUT2D eigenvalue weighted by molar-refractivity contribution is 5.82. The van der Waals surface area contributed by atoms with Crippen molar-refractivity contribution in [2.45, 2.75) is 70.7 Å². The second-order valence-corrected chi connectivity index (χ2v) is 8.39. The lowest BCUT2D eigenvalue weighted by atomic mass is 9.92. The summed E-state index contributed by atoms with van der Waals surface area (Å²) in [5.41, 5.74) is 2.27. The highest BCUT2D eigenvalue weighted by atomic mass is 16.6. The Balaban J connectivity index is 1.53. The van der Waals surface area contributed by atoms with Crippen molar-refractivity contribution in [3.8, 4) is 11.5 Å². The monoisotopic (exact) mass is 369 g/mol. The molecule has 0 fully saturated rings. The van der Waals surface area contributed by atoms with Crippen LogP contribution in [0.5, 0.6) is 11.5 Å². The first-order valence-corrected chi connectivity index (χ1v) is 9.64. The van der Waals surface area contributed by atoms with Gasteiger partial charge in [0.25, 0.3) is 5.91 Å². The quantitative estimate of drug-likeness (QED) is 0.882. The van der Waals surface area contributed by atoms with Gasteiger partial charge in [-0.3, -0.25) is 9.48 Å². The zero-order valence-electron chi connectivity index (χ0n) is 16.4. The van der Waals surface area contributed by atoms with Crippen LogP contribution in [0.25, 0.3) is 0 Å². The van der Waals surface area contributed by atoms with Crippen LogP contribution < -0.4 is 14.8 Å². The number of benzene rings is 1. The van der Waals surface area contributed by atoms with E-state index in [2.05, 4.69) is 35.9 Å². The fraction of sp³-hybridized carbons (Fsp3) is 0.524. The molecule has 1 aromatic heterocycles. The van der Waals surface area contributed by atoms with Crippen LogP contribution >= 0.6 is 0 Å². The van der Waals surface area contributed by atoms with Crippen LogP contribution in [0.1, 0.15) is 57.8 Å². The summed E-state index contributed by atoms with van der Waals surface area (Å²) in [6.45, 7) is 8.31. The first-order chi connectivity index (χ1) is 12.8. The summed E-state index contributed by atoms with van der Waals surface area (Å²) in [4.78, 5) is 13.0. The lowest BCUT2D eigenvalue weighted by molar-refractivity contribution is -0.134. The Hall–Kier alpha value is -2.50. The number of para-hydroxylation sites is 2. The molecule has 0 saturated carbocycles. The molecule has 6 heteroatoms. The molecule has 0 saturated heterocycles. The van der Waals surface area contributed by atoms with Crippen molar-refractivity contribution >= 4 is 5.91 Å². The molecule has 3 atom stereocenters. The lowest BCUT2D eigenvalue weighted by Gasteiger charge is -2.33. The van der Waals surface area contributed by atoms with E-state index in [1.54, 1.807) is 0 Å². The Labute approximate surface area is 159 Å². The fourth-order valence-electron chi connectivity index (χ4n) is 3.95. The van der Waals surface area contributed by atoms with Crippen LogP contribution in [0.3, 0.4) is 0 Å². The molecule has 0 radical (unpaired) electrons. The molecule has 0 bridgehead atoms. The molecule has 1 aromatic carbocycles. The standard InChI is InChI=1S/C21H27N3O3/c1-13-19(27-18-11-6-5-10-17(18)26-13)20(25)23-15-8-7-9-16-14(15)12-22-24(16)21(2,3)4/h5-6,10-13,15,19H,7-9H2,1-4H3,(H,23,25)/t13-,15+,19+/m0/s1. The van der Waals surface area contributed by atoms with Crippen molar-refractivity contribution in [2.75, 3.05) is 0 Å². The average molecular weight is 369 g/mol. The zero-order valence-corrected chi connectivity index (χ0v) is 16.4. The summed E-state index contributed by atoms with van der Waals surface area (Å²) in [6, 6.07) is 7.42. The highest BCUT2D eigenvalue weighted by Gasteiger charge is 2.36. The third kappa shape index (κ3) is 3.29. The minimum Gasteiger partial charge on any atom is -0.482 e. The molecule has 2 heterocycles. The van der Waals surface area contributed by atoms with Gasteiger partial charge in [0.2, 0.25) is 6.10 Å². The first-order valence-electron chi connectivity index (χ1n) is 9.64. The molecule has 6 nitrogen and oxygen atoms in total. The van der Waals surface area contributed by atoms with Crippen molar-refractivity contribution in [1.29, 1.82) is 0 Å². The van der Waals surface area contributed by atoms with Crippen molar-refractivity contribution < 1.29 is 14.3 Å². The SMILES string of the molecule is C[C@@H]1Oc2ccccc2O[C@H]1C(=O)N[C@@H]1CCCc2c1cnn2C(C)(C)C. The molecule has 4 rings (SSSR count). The van der Waals surface area contributed by atoms with Crippen molar-refractivity contribution in [1.82, 2.24) is 15.1 Å². The second kappa shape index (κ2) is 6.59. The summed E-state index contributed by atoms with van der Waals surface area (Å²) in [7, 11) is 0. The van der Waals surface area contributed by atoms with Gasteiger partial charge in [-0.25, -0.2) is 0 Å². The maximum atomic E-state index is 13.0. The number of hydrogen-bond acceptors (Lipinski definition) is 4. The highest BCUT2D eigenvalue weighted by Crippen LogP contribution is 2.35. The van der Waals surface area contributed by atoms with E-state index in [1.807, 2.05) is 37.4 Å². The van der Waals surface area contributed by atoms with E-state index >= 15 is 0 Å². The van der Waals surface area contributed by atoms with Gasteiger partial charge in [-0.2, -0.15) is 5.10 Å². The molecular weight excluding hydrogens is 342 g/mol. The molecule has 0 spiro atoms. The van der Waals surface area contributed by atoms with E-state index in [0.717, 1.165) is 24.8 Å². The third-order valence-electron chi connectivity index (χ3n) is 5.24. The molecule has 2 aliphatic rings. The largest absolute Gasteiger partial charge is 0.482 e. The molecular formula is C21H27N3O3. The van der Waals surface area contributed by atoms with Gasteiger partial charge in [0.15, 0.2) is 11.5 Å². The number of amides is 1. The Morgan fingerprint density at radius 2 is 1.93 bits per heavy atom. The average Bonchev–Trinajstić information content (AvgIpc) is 3.06. The number of carbonyl (C=O) groups excluding carboxylic acids is 1. The second-order valence-electron chi connectivity index (χ2n) is 8.39. The Kier molecular flexibility index (Phi) is 4.36. The predicted octanol–water partition coefficient (Wildman–Crippen LogP) is 3.36. The molecule has 1 aliphatic carbocycles. The summed E-state index contributed by atoms with van der Waals surface area (Å²) in [5, 5.41) is 7.77. The maximum Gasteiger partial charge on any atom is 0.265 e. The number of hydrogen-bond donors (Lipinski definition) is 1. The van der Waals surface area contributed by atoms with Crippen LogP contribution in [0.2, 0.25) is 0 Å². The Morgan fingerprint density at radius 1 is 1.22 bits per heavy atom. The van der Waals surface area contributed by atoms with E-state index in [-0.39, 0.29) is 23.6 Å². The molecule has 1 aliphatic heterocycles. The zero-order chi connectivity index (χ0) is 19.2. The Bertz CT molecular complexity index is 853. The van der Waals surface area contributed by atoms with Crippen molar-refractivity contribution in [2.24, 2.45) is 0 Å². The molecule has 2 aromatic rings. The van der Waals surface area contributed by atoms with Crippen LogP contribution in [-0.2, 0) is 16.8 Å². The number of nitrogens with zero attached hydrogens (tertiary/aromatic N) is 2. The fourth-order valence-corrected chi connectivity index (χ4v) is 3.95. The summed E-state index contributed by atoms with van der Waals surface area (Å²) >= 11 is 0. The third-order valence-corrected chi connectivity index (χ3v) is 5.24. The van der Waals surface area contributed by atoms with E-state index in [9.17, 15) is 4.79 Å². The number of nitrogens with one attached hydrogen (secondary N) is 1. The normalized spacial score (nSPS) is 24.2. The van der Waals surface area contributed by atoms with Gasteiger partial charge >= 0.3 is 0 Å². The minimum atomic E-state index is -0.664.